The molecule has 1 amide bonds. The predicted octanol–water partition coefficient (Wildman–Crippen LogP) is 3.92. The summed E-state index contributed by atoms with van der Waals surface area (Å²) in [7, 11) is 0. The van der Waals surface area contributed by atoms with Gasteiger partial charge in [0.05, 0.1) is 12.7 Å². The van der Waals surface area contributed by atoms with Crippen LogP contribution in [-0.4, -0.2) is 42.4 Å². The number of nitrogens with zero attached hydrogens (tertiary/aromatic N) is 1. The zero-order valence-corrected chi connectivity index (χ0v) is 14.8. The molecular weight excluding hydrogens is 290 g/mol. The average Bonchev–Trinajstić information content (AvgIpc) is 3.31. The Labute approximate surface area is 139 Å². The Morgan fingerprint density at radius 1 is 1.35 bits per heavy atom. The Bertz CT molecular complexity index is 517. The molecule has 0 aromatic rings. The number of piperidine rings is 1. The summed E-state index contributed by atoms with van der Waals surface area (Å²) in [6, 6.07) is 0. The Hall–Kier alpha value is -1.29. The van der Waals surface area contributed by atoms with Gasteiger partial charge < -0.3 is 14.4 Å². The highest BCUT2D eigenvalue weighted by atomic mass is 16.6. The first kappa shape index (κ1) is 16.6. The van der Waals surface area contributed by atoms with Crippen LogP contribution in [0.15, 0.2) is 23.8 Å². The minimum Gasteiger partial charge on any atom is -0.444 e. The van der Waals surface area contributed by atoms with Gasteiger partial charge in [-0.2, -0.15) is 0 Å². The minimum absolute atomic E-state index is 0.114. The quantitative estimate of drug-likeness (QED) is 0.724. The summed E-state index contributed by atoms with van der Waals surface area (Å²) in [5.41, 5.74) is 1.20. The van der Waals surface area contributed by atoms with Crippen molar-refractivity contribution in [3.63, 3.8) is 0 Å². The molecule has 4 nitrogen and oxygen atoms in total. The van der Waals surface area contributed by atoms with E-state index < -0.39 is 5.60 Å². The van der Waals surface area contributed by atoms with Crippen molar-refractivity contribution in [2.75, 3.05) is 19.7 Å². The van der Waals surface area contributed by atoms with Crippen molar-refractivity contribution in [2.24, 2.45) is 11.3 Å². The van der Waals surface area contributed by atoms with Gasteiger partial charge in [-0.15, -0.1) is 0 Å². The van der Waals surface area contributed by atoms with Crippen LogP contribution in [0.25, 0.3) is 0 Å². The Kier molecular flexibility index (Phi) is 4.30. The minimum atomic E-state index is -0.434. The number of hydrogen-bond donors (Lipinski definition) is 0. The number of likely N-dealkylation sites (tertiary alicyclic amines) is 1. The third-order valence-corrected chi connectivity index (χ3v) is 5.26. The van der Waals surface area contributed by atoms with E-state index in [0.717, 1.165) is 39.0 Å². The molecule has 2 unspecified atom stereocenters. The van der Waals surface area contributed by atoms with E-state index in [-0.39, 0.29) is 11.5 Å². The fraction of sp³-hybridized carbons (Fsp3) is 0.737. The van der Waals surface area contributed by atoms with Gasteiger partial charge in [0.1, 0.15) is 5.60 Å². The largest absolute Gasteiger partial charge is 0.444 e. The lowest BCUT2D eigenvalue weighted by Crippen LogP contribution is -2.48. The molecule has 2 heterocycles. The van der Waals surface area contributed by atoms with Gasteiger partial charge in [0.2, 0.25) is 0 Å². The van der Waals surface area contributed by atoms with Crippen LogP contribution in [0.3, 0.4) is 0 Å². The normalized spacial score (nSPS) is 29.9. The van der Waals surface area contributed by atoms with Crippen molar-refractivity contribution >= 4 is 6.09 Å². The summed E-state index contributed by atoms with van der Waals surface area (Å²) in [4.78, 5) is 14.2. The first-order valence-corrected chi connectivity index (χ1v) is 8.78. The van der Waals surface area contributed by atoms with Gasteiger partial charge in [0, 0.05) is 18.5 Å². The summed E-state index contributed by atoms with van der Waals surface area (Å²) in [5.74, 6) is 0.567. The molecule has 0 saturated carbocycles. The molecule has 0 bridgehead atoms. The van der Waals surface area contributed by atoms with Gasteiger partial charge in [-0.05, 0) is 46.0 Å². The lowest BCUT2D eigenvalue weighted by molar-refractivity contribution is 0.00978. The van der Waals surface area contributed by atoms with Crippen molar-refractivity contribution in [3.05, 3.63) is 23.8 Å². The summed E-state index contributed by atoms with van der Waals surface area (Å²) < 4.78 is 11.2. The van der Waals surface area contributed by atoms with Crippen LogP contribution in [0.5, 0.6) is 0 Å². The summed E-state index contributed by atoms with van der Waals surface area (Å²) >= 11 is 0. The summed E-state index contributed by atoms with van der Waals surface area (Å²) in [6.45, 7) is 10.4. The number of amides is 1. The van der Waals surface area contributed by atoms with E-state index in [4.69, 9.17) is 9.47 Å². The lowest BCUT2D eigenvalue weighted by Gasteiger charge is -2.45. The number of allylic oxidation sites excluding steroid dienone is 3. The predicted molar refractivity (Wildman–Crippen MR) is 90.2 cm³/mol. The van der Waals surface area contributed by atoms with Gasteiger partial charge in [-0.1, -0.05) is 30.7 Å². The number of epoxide rings is 1. The van der Waals surface area contributed by atoms with Crippen molar-refractivity contribution in [3.8, 4) is 0 Å². The van der Waals surface area contributed by atoms with Crippen LogP contribution in [0.4, 0.5) is 4.79 Å². The van der Waals surface area contributed by atoms with Crippen LogP contribution in [-0.2, 0) is 9.47 Å². The molecule has 23 heavy (non-hydrogen) atoms. The fourth-order valence-electron chi connectivity index (χ4n) is 3.98. The van der Waals surface area contributed by atoms with Crippen LogP contribution in [0.2, 0.25) is 0 Å². The first-order chi connectivity index (χ1) is 10.8. The molecule has 0 N–H and O–H groups in total. The number of ether oxygens (including phenoxy) is 2. The standard InChI is InChI=1S/C19H29NO3/c1-14-7-5-6-8-15(14)19(16-13-22-16)9-11-20(12-10-19)17(21)23-18(2,3)4/h5-6,8,14,16H,7,9-13H2,1-4H3. The Morgan fingerprint density at radius 3 is 2.52 bits per heavy atom. The third kappa shape index (κ3) is 3.47. The van der Waals surface area contributed by atoms with Gasteiger partial charge in [0.25, 0.3) is 0 Å². The van der Waals surface area contributed by atoms with Crippen LogP contribution >= 0.6 is 0 Å². The van der Waals surface area contributed by atoms with E-state index in [1.54, 1.807) is 0 Å². The zero-order chi connectivity index (χ0) is 16.7. The Morgan fingerprint density at radius 2 is 2.00 bits per heavy atom. The number of hydrogen-bond acceptors (Lipinski definition) is 3. The Balaban J connectivity index is 1.71. The molecule has 128 valence electrons. The zero-order valence-electron chi connectivity index (χ0n) is 14.8. The molecule has 0 spiro atoms. The number of carbonyl (C=O) groups is 1. The molecule has 3 rings (SSSR count). The number of rotatable bonds is 2. The molecule has 0 aromatic carbocycles. The van der Waals surface area contributed by atoms with E-state index in [0.29, 0.717) is 12.0 Å². The molecule has 1 aliphatic carbocycles. The SMILES string of the molecule is CC1CC=CC=C1C1(C2CO2)CCN(C(=O)OC(C)(C)C)CC1. The maximum Gasteiger partial charge on any atom is 0.410 e. The van der Waals surface area contributed by atoms with Crippen molar-refractivity contribution in [2.45, 2.75) is 58.7 Å². The highest BCUT2D eigenvalue weighted by molar-refractivity contribution is 5.68. The molecule has 2 fully saturated rings. The van der Waals surface area contributed by atoms with Crippen molar-refractivity contribution < 1.29 is 14.3 Å². The summed E-state index contributed by atoms with van der Waals surface area (Å²) in [5, 5.41) is 0. The van der Waals surface area contributed by atoms with E-state index >= 15 is 0 Å². The molecule has 2 aliphatic heterocycles. The summed E-state index contributed by atoms with van der Waals surface area (Å²) in [6.07, 6.45) is 9.92. The third-order valence-electron chi connectivity index (χ3n) is 5.26. The molecular formula is C19H29NO3. The topological polar surface area (TPSA) is 42.1 Å². The molecule has 4 heteroatoms. The maximum atomic E-state index is 12.3. The molecule has 2 saturated heterocycles. The second-order valence-electron chi connectivity index (χ2n) is 8.13. The van der Waals surface area contributed by atoms with Crippen LogP contribution in [0, 0.1) is 11.3 Å². The first-order valence-electron chi connectivity index (χ1n) is 8.78. The molecule has 0 aromatic heterocycles. The maximum absolute atomic E-state index is 12.3. The van der Waals surface area contributed by atoms with Gasteiger partial charge >= 0.3 is 6.09 Å². The van der Waals surface area contributed by atoms with Gasteiger partial charge in [0.15, 0.2) is 0 Å². The average molecular weight is 319 g/mol. The smallest absolute Gasteiger partial charge is 0.410 e. The number of carbonyl (C=O) groups excluding carboxylic acids is 1. The van der Waals surface area contributed by atoms with Crippen molar-refractivity contribution in [1.82, 2.24) is 4.90 Å². The van der Waals surface area contributed by atoms with Crippen LogP contribution in [0.1, 0.15) is 47.0 Å². The molecule has 2 atom stereocenters. The fourth-order valence-corrected chi connectivity index (χ4v) is 3.98. The van der Waals surface area contributed by atoms with Gasteiger partial charge in [-0.3, -0.25) is 0 Å². The second-order valence-corrected chi connectivity index (χ2v) is 8.13. The molecule has 0 radical (unpaired) electrons. The highest BCUT2D eigenvalue weighted by Gasteiger charge is 2.52. The molecule has 3 aliphatic rings. The van der Waals surface area contributed by atoms with E-state index in [9.17, 15) is 4.79 Å². The van der Waals surface area contributed by atoms with Crippen molar-refractivity contribution in [1.29, 1.82) is 0 Å². The lowest BCUT2D eigenvalue weighted by atomic mass is 9.65. The van der Waals surface area contributed by atoms with E-state index in [1.807, 2.05) is 25.7 Å². The monoisotopic (exact) mass is 319 g/mol. The second kappa shape index (κ2) is 5.97. The van der Waals surface area contributed by atoms with E-state index in [1.165, 1.54) is 5.57 Å². The van der Waals surface area contributed by atoms with Crippen LogP contribution < -0.4 is 0 Å². The highest BCUT2D eigenvalue weighted by Crippen LogP contribution is 2.51. The van der Waals surface area contributed by atoms with Gasteiger partial charge in [-0.25, -0.2) is 4.79 Å². The van der Waals surface area contributed by atoms with E-state index in [2.05, 4.69) is 25.2 Å².